The summed E-state index contributed by atoms with van der Waals surface area (Å²) in [7, 11) is 1.65. The summed E-state index contributed by atoms with van der Waals surface area (Å²) in [6.07, 6.45) is 2.63. The number of aromatic nitrogens is 2. The van der Waals surface area contributed by atoms with Gasteiger partial charge in [-0.2, -0.15) is 0 Å². The lowest BCUT2D eigenvalue weighted by atomic mass is 10.2. The van der Waals surface area contributed by atoms with Crippen LogP contribution in [0.2, 0.25) is 0 Å². The van der Waals surface area contributed by atoms with Crippen LogP contribution in [-0.2, 0) is 4.74 Å². The number of methoxy groups -OCH3 is 1. The van der Waals surface area contributed by atoms with Crippen LogP contribution in [-0.4, -0.2) is 35.6 Å². The fourth-order valence-corrected chi connectivity index (χ4v) is 1.90. The van der Waals surface area contributed by atoms with Crippen molar-refractivity contribution in [1.29, 1.82) is 0 Å². The van der Waals surface area contributed by atoms with Gasteiger partial charge < -0.3 is 10.1 Å². The van der Waals surface area contributed by atoms with Gasteiger partial charge in [-0.1, -0.05) is 18.2 Å². The van der Waals surface area contributed by atoms with Crippen molar-refractivity contribution in [2.75, 3.05) is 25.6 Å². The van der Waals surface area contributed by atoms with Crippen molar-refractivity contribution in [2.45, 2.75) is 11.8 Å². The van der Waals surface area contributed by atoms with Crippen molar-refractivity contribution in [3.63, 3.8) is 0 Å². The molecule has 2 rings (SSSR count). The highest BCUT2D eigenvalue weighted by Crippen LogP contribution is 2.12. The maximum absolute atomic E-state index is 6.04. The van der Waals surface area contributed by atoms with E-state index < -0.39 is 0 Å². The third kappa shape index (κ3) is 3.55. The summed E-state index contributed by atoms with van der Waals surface area (Å²) in [6.45, 7) is 1.29. The number of hydrogen-bond donors (Lipinski definition) is 1. The number of rotatable bonds is 6. The molecule has 0 saturated heterocycles. The van der Waals surface area contributed by atoms with Gasteiger partial charge in [-0.15, -0.1) is 11.6 Å². The molecule has 18 heavy (non-hydrogen) atoms. The van der Waals surface area contributed by atoms with Gasteiger partial charge in [0.1, 0.15) is 0 Å². The Bertz CT molecular complexity index is 506. The topological polar surface area (TPSA) is 47.0 Å². The van der Waals surface area contributed by atoms with E-state index in [4.69, 9.17) is 16.3 Å². The first-order valence-corrected chi connectivity index (χ1v) is 6.32. The Kier molecular flexibility index (Phi) is 4.73. The molecular formula is C13H16ClN3O. The van der Waals surface area contributed by atoms with Gasteiger partial charge in [-0.3, -0.25) is 0 Å². The standard InChI is InChI=1S/C13H16ClN3O/c1-18-9-11(14)6-7-15-13-16-8-10-4-2-3-5-12(10)17-13/h2-5,8,11H,6-7,9H2,1H3,(H,15,16,17). The van der Waals surface area contributed by atoms with E-state index in [-0.39, 0.29) is 5.38 Å². The van der Waals surface area contributed by atoms with Gasteiger partial charge in [0.25, 0.3) is 0 Å². The summed E-state index contributed by atoms with van der Waals surface area (Å²) in [4.78, 5) is 8.67. The first-order valence-electron chi connectivity index (χ1n) is 5.88. The second-order valence-corrected chi connectivity index (χ2v) is 4.64. The minimum Gasteiger partial charge on any atom is -0.383 e. The Morgan fingerprint density at radius 2 is 2.22 bits per heavy atom. The van der Waals surface area contributed by atoms with E-state index in [0.29, 0.717) is 12.6 Å². The van der Waals surface area contributed by atoms with Crippen molar-refractivity contribution in [3.05, 3.63) is 30.5 Å². The second kappa shape index (κ2) is 6.52. The fourth-order valence-electron chi connectivity index (χ4n) is 1.66. The van der Waals surface area contributed by atoms with E-state index in [9.17, 15) is 0 Å². The number of ether oxygens (including phenoxy) is 1. The molecule has 1 unspecified atom stereocenters. The number of nitrogens with one attached hydrogen (secondary N) is 1. The molecule has 0 aliphatic heterocycles. The largest absolute Gasteiger partial charge is 0.383 e. The number of benzene rings is 1. The molecule has 0 spiro atoms. The van der Waals surface area contributed by atoms with Crippen LogP contribution in [0.25, 0.3) is 10.9 Å². The molecule has 0 radical (unpaired) electrons. The van der Waals surface area contributed by atoms with Crippen LogP contribution in [0.3, 0.4) is 0 Å². The van der Waals surface area contributed by atoms with E-state index in [2.05, 4.69) is 15.3 Å². The van der Waals surface area contributed by atoms with Crippen LogP contribution >= 0.6 is 11.6 Å². The Morgan fingerprint density at radius 1 is 1.39 bits per heavy atom. The highest BCUT2D eigenvalue weighted by molar-refractivity contribution is 6.20. The van der Waals surface area contributed by atoms with E-state index >= 15 is 0 Å². The minimum atomic E-state index is 0.0166. The quantitative estimate of drug-likeness (QED) is 0.816. The van der Waals surface area contributed by atoms with Gasteiger partial charge in [0, 0.05) is 25.2 Å². The molecule has 96 valence electrons. The summed E-state index contributed by atoms with van der Waals surface area (Å²) in [5, 5.41) is 4.22. The molecule has 2 aromatic rings. The molecule has 0 bridgehead atoms. The first kappa shape index (κ1) is 13.1. The lowest BCUT2D eigenvalue weighted by Crippen LogP contribution is -2.14. The summed E-state index contributed by atoms with van der Waals surface area (Å²) in [5.41, 5.74) is 0.939. The number of fused-ring (bicyclic) bond motifs is 1. The van der Waals surface area contributed by atoms with Gasteiger partial charge >= 0.3 is 0 Å². The van der Waals surface area contributed by atoms with Crippen molar-refractivity contribution in [3.8, 4) is 0 Å². The third-order valence-corrected chi connectivity index (χ3v) is 2.92. The van der Waals surface area contributed by atoms with Crippen molar-refractivity contribution in [1.82, 2.24) is 9.97 Å². The Labute approximate surface area is 111 Å². The van der Waals surface area contributed by atoms with E-state index in [1.807, 2.05) is 30.5 Å². The molecule has 0 aliphatic rings. The zero-order valence-corrected chi connectivity index (χ0v) is 11.0. The predicted octanol–water partition coefficient (Wildman–Crippen LogP) is 2.69. The smallest absolute Gasteiger partial charge is 0.223 e. The van der Waals surface area contributed by atoms with E-state index in [0.717, 1.165) is 23.9 Å². The van der Waals surface area contributed by atoms with Crippen LogP contribution < -0.4 is 5.32 Å². The second-order valence-electron chi connectivity index (χ2n) is 4.02. The Balaban J connectivity index is 1.91. The molecule has 0 aliphatic carbocycles. The molecule has 1 heterocycles. The minimum absolute atomic E-state index is 0.0166. The highest BCUT2D eigenvalue weighted by atomic mass is 35.5. The normalized spacial score (nSPS) is 12.6. The number of anilines is 1. The lowest BCUT2D eigenvalue weighted by Gasteiger charge is -2.09. The van der Waals surface area contributed by atoms with Gasteiger partial charge in [0.2, 0.25) is 5.95 Å². The lowest BCUT2D eigenvalue weighted by molar-refractivity contribution is 0.196. The van der Waals surface area contributed by atoms with Crippen LogP contribution in [0.4, 0.5) is 5.95 Å². The van der Waals surface area contributed by atoms with Crippen molar-refractivity contribution < 1.29 is 4.74 Å². The molecule has 1 aromatic carbocycles. The number of halogens is 1. The maximum Gasteiger partial charge on any atom is 0.223 e. The number of alkyl halides is 1. The van der Waals surface area contributed by atoms with Gasteiger partial charge in [-0.25, -0.2) is 9.97 Å². The highest BCUT2D eigenvalue weighted by Gasteiger charge is 2.04. The van der Waals surface area contributed by atoms with Gasteiger partial charge in [-0.05, 0) is 12.5 Å². The summed E-state index contributed by atoms with van der Waals surface area (Å²) >= 11 is 6.04. The number of hydrogen-bond acceptors (Lipinski definition) is 4. The van der Waals surface area contributed by atoms with E-state index in [1.54, 1.807) is 7.11 Å². The summed E-state index contributed by atoms with van der Waals surface area (Å²) < 4.78 is 4.97. The maximum atomic E-state index is 6.04. The number of para-hydroxylation sites is 1. The van der Waals surface area contributed by atoms with E-state index in [1.165, 1.54) is 0 Å². The summed E-state index contributed by atoms with van der Waals surface area (Å²) in [5.74, 6) is 0.634. The Hall–Kier alpha value is -1.39. The van der Waals surface area contributed by atoms with Gasteiger partial charge in [0.15, 0.2) is 0 Å². The average Bonchev–Trinajstić information content (AvgIpc) is 2.39. The molecule has 4 nitrogen and oxygen atoms in total. The van der Waals surface area contributed by atoms with Crippen LogP contribution in [0.15, 0.2) is 30.5 Å². The molecule has 1 atom stereocenters. The third-order valence-electron chi connectivity index (χ3n) is 2.58. The van der Waals surface area contributed by atoms with Crippen LogP contribution in [0.1, 0.15) is 6.42 Å². The fraction of sp³-hybridized carbons (Fsp3) is 0.385. The van der Waals surface area contributed by atoms with Crippen molar-refractivity contribution in [2.24, 2.45) is 0 Å². The molecule has 1 aromatic heterocycles. The van der Waals surface area contributed by atoms with Crippen LogP contribution in [0.5, 0.6) is 0 Å². The number of nitrogens with zero attached hydrogens (tertiary/aromatic N) is 2. The molecule has 0 saturated carbocycles. The summed E-state index contributed by atoms with van der Waals surface area (Å²) in [6, 6.07) is 7.90. The molecule has 1 N–H and O–H groups in total. The van der Waals surface area contributed by atoms with Crippen LogP contribution in [0, 0.1) is 0 Å². The zero-order valence-electron chi connectivity index (χ0n) is 10.3. The molecular weight excluding hydrogens is 250 g/mol. The monoisotopic (exact) mass is 265 g/mol. The van der Waals surface area contributed by atoms with Crippen molar-refractivity contribution >= 4 is 28.5 Å². The van der Waals surface area contributed by atoms with Gasteiger partial charge in [0.05, 0.1) is 17.5 Å². The molecule has 0 fully saturated rings. The first-order chi connectivity index (χ1) is 8.79. The zero-order chi connectivity index (χ0) is 12.8. The molecule has 0 amide bonds. The molecule has 5 heteroatoms. The average molecular weight is 266 g/mol. The Morgan fingerprint density at radius 3 is 3.06 bits per heavy atom. The SMILES string of the molecule is COCC(Cl)CCNc1ncc2ccccc2n1. The predicted molar refractivity (Wildman–Crippen MR) is 74.2 cm³/mol.